The van der Waals surface area contributed by atoms with Gasteiger partial charge in [0, 0.05) is 6.42 Å². The van der Waals surface area contributed by atoms with E-state index in [-0.39, 0.29) is 5.97 Å². The summed E-state index contributed by atoms with van der Waals surface area (Å²) in [6.45, 7) is 4.63. The van der Waals surface area contributed by atoms with Crippen molar-refractivity contribution in [3.63, 3.8) is 0 Å². The Balaban J connectivity index is 3.04. The molecule has 0 aromatic heterocycles. The van der Waals surface area contributed by atoms with Crippen molar-refractivity contribution >= 4 is 5.97 Å². The highest BCUT2D eigenvalue weighted by atomic mass is 16.5. The van der Waals surface area contributed by atoms with Crippen molar-refractivity contribution in [1.29, 1.82) is 0 Å². The summed E-state index contributed by atoms with van der Waals surface area (Å²) in [7, 11) is 0. The van der Waals surface area contributed by atoms with Crippen molar-refractivity contribution < 1.29 is 9.53 Å². The first-order chi connectivity index (χ1) is 10.3. The summed E-state index contributed by atoms with van der Waals surface area (Å²) >= 11 is 0. The molecule has 0 aliphatic carbocycles. The second-order valence-corrected chi connectivity index (χ2v) is 6.08. The van der Waals surface area contributed by atoms with Gasteiger partial charge in [0.25, 0.3) is 0 Å². The molecule has 0 amide bonds. The van der Waals surface area contributed by atoms with E-state index in [2.05, 4.69) is 6.92 Å². The molecule has 2 nitrogen and oxygen atoms in total. The maximum absolute atomic E-state index is 11.3. The maximum atomic E-state index is 11.3. The van der Waals surface area contributed by atoms with Crippen molar-refractivity contribution in [2.24, 2.45) is 0 Å². The van der Waals surface area contributed by atoms with Crippen LogP contribution in [0, 0.1) is 6.42 Å². The average molecular weight is 298 g/mol. The highest BCUT2D eigenvalue weighted by Gasteiger charge is 2.01. The highest BCUT2D eigenvalue weighted by molar-refractivity contribution is 5.69. The Labute approximate surface area is 133 Å². The number of carbonyl (C=O) groups is 1. The van der Waals surface area contributed by atoms with Crippen molar-refractivity contribution in [1.82, 2.24) is 0 Å². The Morgan fingerprint density at radius 2 is 1.19 bits per heavy atom. The smallest absolute Gasteiger partial charge is 0.305 e. The summed E-state index contributed by atoms with van der Waals surface area (Å²) in [5, 5.41) is 0. The number of ether oxygens (including phenoxy) is 1. The van der Waals surface area contributed by atoms with E-state index in [0.29, 0.717) is 13.0 Å². The zero-order valence-corrected chi connectivity index (χ0v) is 14.5. The number of hydrogen-bond acceptors (Lipinski definition) is 2. The fourth-order valence-electron chi connectivity index (χ4n) is 2.54. The fraction of sp³-hybridized carbons (Fsp3) is 0.895. The van der Waals surface area contributed by atoms with Crippen molar-refractivity contribution in [2.45, 2.75) is 104 Å². The molecule has 21 heavy (non-hydrogen) atoms. The molecule has 0 N–H and O–H groups in total. The molecule has 0 aliphatic rings. The van der Waals surface area contributed by atoms with Gasteiger partial charge < -0.3 is 4.74 Å². The Hall–Kier alpha value is -0.530. The van der Waals surface area contributed by atoms with Gasteiger partial charge in [0.1, 0.15) is 0 Å². The normalized spacial score (nSPS) is 10.8. The van der Waals surface area contributed by atoms with Gasteiger partial charge in [0.15, 0.2) is 0 Å². The minimum absolute atomic E-state index is 0.0452. The maximum Gasteiger partial charge on any atom is 0.305 e. The van der Waals surface area contributed by atoms with Crippen molar-refractivity contribution in [3.05, 3.63) is 6.42 Å². The van der Waals surface area contributed by atoms with E-state index in [4.69, 9.17) is 4.74 Å². The second-order valence-electron chi connectivity index (χ2n) is 6.08. The molecule has 0 atom stereocenters. The summed E-state index contributed by atoms with van der Waals surface area (Å²) in [6, 6.07) is 0. The SMILES string of the molecule is C[CH]COC(=O)CCCCCCCCCCCCCCC. The van der Waals surface area contributed by atoms with Crippen LogP contribution >= 0.6 is 0 Å². The lowest BCUT2D eigenvalue weighted by atomic mass is 10.0. The van der Waals surface area contributed by atoms with Gasteiger partial charge in [-0.15, -0.1) is 0 Å². The van der Waals surface area contributed by atoms with E-state index in [1.807, 2.05) is 13.3 Å². The van der Waals surface area contributed by atoms with Crippen LogP contribution < -0.4 is 0 Å². The Kier molecular flexibility index (Phi) is 17.1. The molecule has 0 fully saturated rings. The summed E-state index contributed by atoms with van der Waals surface area (Å²) in [4.78, 5) is 11.3. The van der Waals surface area contributed by atoms with Crippen LogP contribution in [0.3, 0.4) is 0 Å². The summed E-state index contributed by atoms with van der Waals surface area (Å²) in [5.74, 6) is -0.0452. The van der Waals surface area contributed by atoms with Crippen molar-refractivity contribution in [3.8, 4) is 0 Å². The third kappa shape index (κ3) is 17.4. The van der Waals surface area contributed by atoms with Gasteiger partial charge >= 0.3 is 5.97 Å². The minimum Gasteiger partial charge on any atom is -0.465 e. The Bertz CT molecular complexity index is 214. The van der Waals surface area contributed by atoms with E-state index in [1.54, 1.807) is 0 Å². The predicted octanol–water partition coefficient (Wildman–Crippen LogP) is 6.24. The zero-order valence-electron chi connectivity index (χ0n) is 14.5. The highest BCUT2D eigenvalue weighted by Crippen LogP contribution is 2.13. The fourth-order valence-corrected chi connectivity index (χ4v) is 2.54. The standard InChI is InChI=1S/C19H37O2/c1-3-5-6-7-8-9-10-11-12-13-14-15-16-17-19(20)21-18-4-2/h4H,3,5-18H2,1-2H3. The third-order valence-electron chi connectivity index (χ3n) is 3.90. The molecule has 125 valence electrons. The van der Waals surface area contributed by atoms with Gasteiger partial charge in [-0.1, -0.05) is 90.9 Å². The topological polar surface area (TPSA) is 26.3 Å². The lowest BCUT2D eigenvalue weighted by Gasteiger charge is -2.04. The molecule has 0 heterocycles. The summed E-state index contributed by atoms with van der Waals surface area (Å²) in [6.07, 6.45) is 19.8. The first-order valence-electron chi connectivity index (χ1n) is 9.24. The molecule has 0 spiro atoms. The van der Waals surface area contributed by atoms with Gasteiger partial charge in [0.05, 0.1) is 6.61 Å². The van der Waals surface area contributed by atoms with E-state index in [0.717, 1.165) is 6.42 Å². The number of unbranched alkanes of at least 4 members (excludes halogenated alkanes) is 12. The van der Waals surface area contributed by atoms with Crippen molar-refractivity contribution in [2.75, 3.05) is 6.61 Å². The quantitative estimate of drug-likeness (QED) is 0.249. The molecule has 0 aliphatic heterocycles. The van der Waals surface area contributed by atoms with E-state index in [9.17, 15) is 4.79 Å². The van der Waals surface area contributed by atoms with Crippen LogP contribution in [0.2, 0.25) is 0 Å². The van der Waals surface area contributed by atoms with Crippen LogP contribution in [0.5, 0.6) is 0 Å². The van der Waals surface area contributed by atoms with E-state index < -0.39 is 0 Å². The number of rotatable bonds is 16. The average Bonchev–Trinajstić information content (AvgIpc) is 2.49. The molecule has 0 saturated heterocycles. The van der Waals surface area contributed by atoms with Crippen LogP contribution in [-0.4, -0.2) is 12.6 Å². The van der Waals surface area contributed by atoms with Crippen LogP contribution in [0.1, 0.15) is 104 Å². The molecular weight excluding hydrogens is 260 g/mol. The van der Waals surface area contributed by atoms with Crippen LogP contribution in [0.15, 0.2) is 0 Å². The van der Waals surface area contributed by atoms with Gasteiger partial charge in [-0.3, -0.25) is 4.79 Å². The molecule has 2 heteroatoms. The number of hydrogen-bond donors (Lipinski definition) is 0. The Morgan fingerprint density at radius 3 is 1.62 bits per heavy atom. The first kappa shape index (κ1) is 20.5. The van der Waals surface area contributed by atoms with Gasteiger partial charge in [-0.25, -0.2) is 0 Å². The molecule has 0 bridgehead atoms. The predicted molar refractivity (Wildman–Crippen MR) is 91.2 cm³/mol. The van der Waals surface area contributed by atoms with Gasteiger partial charge in [-0.05, 0) is 12.8 Å². The zero-order chi connectivity index (χ0) is 15.6. The van der Waals surface area contributed by atoms with Crippen LogP contribution in [0.4, 0.5) is 0 Å². The molecule has 0 aromatic carbocycles. The Morgan fingerprint density at radius 1 is 0.762 bits per heavy atom. The van der Waals surface area contributed by atoms with Gasteiger partial charge in [-0.2, -0.15) is 0 Å². The summed E-state index contributed by atoms with van der Waals surface area (Å²) < 4.78 is 5.00. The lowest BCUT2D eigenvalue weighted by Crippen LogP contribution is -2.04. The van der Waals surface area contributed by atoms with Crippen LogP contribution in [0.25, 0.3) is 0 Å². The molecule has 0 saturated carbocycles. The molecule has 0 aromatic rings. The summed E-state index contributed by atoms with van der Waals surface area (Å²) in [5.41, 5.74) is 0. The van der Waals surface area contributed by atoms with E-state index >= 15 is 0 Å². The molecule has 0 rings (SSSR count). The number of carbonyl (C=O) groups excluding carboxylic acids is 1. The first-order valence-corrected chi connectivity index (χ1v) is 9.24. The second kappa shape index (κ2) is 17.5. The molecule has 1 radical (unpaired) electrons. The lowest BCUT2D eigenvalue weighted by molar-refractivity contribution is -0.142. The largest absolute Gasteiger partial charge is 0.465 e. The number of esters is 1. The van der Waals surface area contributed by atoms with Gasteiger partial charge in [0.2, 0.25) is 0 Å². The minimum atomic E-state index is -0.0452. The van der Waals surface area contributed by atoms with E-state index in [1.165, 1.54) is 77.0 Å². The molecule has 0 unspecified atom stereocenters. The molecular formula is C19H37O2. The van der Waals surface area contributed by atoms with Crippen LogP contribution in [-0.2, 0) is 9.53 Å². The monoisotopic (exact) mass is 297 g/mol. The third-order valence-corrected chi connectivity index (χ3v) is 3.90.